The van der Waals surface area contributed by atoms with Crippen LogP contribution in [0.3, 0.4) is 0 Å². The average Bonchev–Trinajstić information content (AvgIpc) is 3.01. The minimum absolute atomic E-state index is 0.0330. The highest BCUT2D eigenvalue weighted by molar-refractivity contribution is 5.93. The molecular formula is C17H21FN4O2. The van der Waals surface area contributed by atoms with Gasteiger partial charge in [-0.15, -0.1) is 0 Å². The van der Waals surface area contributed by atoms with Gasteiger partial charge in [0.2, 0.25) is 5.89 Å². The Balaban J connectivity index is 1.41. The quantitative estimate of drug-likeness (QED) is 0.779. The molecule has 2 heterocycles. The van der Waals surface area contributed by atoms with Crippen molar-refractivity contribution in [2.24, 2.45) is 5.92 Å². The summed E-state index contributed by atoms with van der Waals surface area (Å²) in [5.41, 5.74) is 0.624. The second-order valence-electron chi connectivity index (χ2n) is 6.31. The first-order valence-electron chi connectivity index (χ1n) is 8.23. The molecule has 0 spiro atoms. The van der Waals surface area contributed by atoms with Crippen LogP contribution in [0.5, 0.6) is 0 Å². The van der Waals surface area contributed by atoms with Crippen molar-refractivity contribution in [2.75, 3.05) is 13.6 Å². The average molecular weight is 332 g/mol. The first-order valence-corrected chi connectivity index (χ1v) is 8.23. The van der Waals surface area contributed by atoms with Gasteiger partial charge >= 0.3 is 0 Å². The predicted molar refractivity (Wildman–Crippen MR) is 85.1 cm³/mol. The van der Waals surface area contributed by atoms with Crippen molar-refractivity contribution in [3.05, 3.63) is 41.8 Å². The zero-order valence-corrected chi connectivity index (χ0v) is 13.7. The van der Waals surface area contributed by atoms with Crippen LogP contribution in [0.4, 0.5) is 4.39 Å². The molecule has 1 aliphatic rings. The van der Waals surface area contributed by atoms with Gasteiger partial charge in [0.25, 0.3) is 5.91 Å². The molecule has 128 valence electrons. The number of aromatic nitrogens is 3. The lowest BCUT2D eigenvalue weighted by Crippen LogP contribution is -2.28. The lowest BCUT2D eigenvalue weighted by Gasteiger charge is -2.28. The molecule has 24 heavy (non-hydrogen) atoms. The number of aryl methyl sites for hydroxylation is 1. The lowest BCUT2D eigenvalue weighted by atomic mass is 9.81. The first kappa shape index (κ1) is 16.5. The number of halogens is 1. The molecule has 0 bridgehead atoms. The lowest BCUT2D eigenvalue weighted by molar-refractivity contribution is 0.0792. The van der Waals surface area contributed by atoms with Gasteiger partial charge in [0.15, 0.2) is 5.82 Å². The van der Waals surface area contributed by atoms with E-state index in [2.05, 4.69) is 15.1 Å². The van der Waals surface area contributed by atoms with Gasteiger partial charge in [-0.1, -0.05) is 5.16 Å². The monoisotopic (exact) mass is 332 g/mol. The molecule has 0 aliphatic heterocycles. The number of hydrogen-bond acceptors (Lipinski definition) is 5. The molecule has 7 heteroatoms. The number of carbonyl (C=O) groups is 1. The van der Waals surface area contributed by atoms with Crippen molar-refractivity contribution in [3.63, 3.8) is 0 Å². The molecule has 6 nitrogen and oxygen atoms in total. The number of rotatable bonds is 7. The van der Waals surface area contributed by atoms with Crippen molar-refractivity contribution in [2.45, 2.75) is 38.3 Å². The van der Waals surface area contributed by atoms with Crippen LogP contribution in [0.15, 0.2) is 29.0 Å². The normalized spacial score (nSPS) is 19.8. The molecule has 1 saturated carbocycles. The Morgan fingerprint density at radius 1 is 1.38 bits per heavy atom. The fourth-order valence-electron chi connectivity index (χ4n) is 2.84. The van der Waals surface area contributed by atoms with Gasteiger partial charge in [-0.05, 0) is 37.3 Å². The number of alkyl halides is 1. The van der Waals surface area contributed by atoms with Gasteiger partial charge in [-0.25, -0.2) is 4.39 Å². The molecule has 2 aromatic heterocycles. The summed E-state index contributed by atoms with van der Waals surface area (Å²) in [6.07, 6.45) is 5.81. The van der Waals surface area contributed by atoms with Crippen LogP contribution in [0, 0.1) is 5.92 Å². The third-order valence-corrected chi connectivity index (χ3v) is 4.32. The van der Waals surface area contributed by atoms with E-state index < -0.39 is 6.17 Å². The van der Waals surface area contributed by atoms with Gasteiger partial charge in [0.1, 0.15) is 6.17 Å². The van der Waals surface area contributed by atoms with E-state index >= 15 is 0 Å². The van der Waals surface area contributed by atoms with Crippen LogP contribution >= 0.6 is 0 Å². The molecule has 0 radical (unpaired) electrons. The summed E-state index contributed by atoms with van der Waals surface area (Å²) < 4.78 is 18.0. The van der Waals surface area contributed by atoms with Gasteiger partial charge in [-0.3, -0.25) is 9.78 Å². The molecule has 3 rings (SSSR count). The minimum atomic E-state index is -0.658. The second kappa shape index (κ2) is 7.51. The standard InChI is InChI=1S/C17H21FN4O2/c1-22(17(23)13-4-6-19-7-5-13)8-2-3-16-20-15(21-24-16)11-12-9-14(18)10-12/h4-7,12,14H,2-3,8-11H2,1H3. The largest absolute Gasteiger partial charge is 0.342 e. The number of pyridine rings is 1. The topological polar surface area (TPSA) is 72.1 Å². The van der Waals surface area contributed by atoms with Crippen molar-refractivity contribution in [1.82, 2.24) is 20.0 Å². The summed E-state index contributed by atoms with van der Waals surface area (Å²) in [7, 11) is 1.77. The molecular weight excluding hydrogens is 311 g/mol. The highest BCUT2D eigenvalue weighted by atomic mass is 19.1. The Hall–Kier alpha value is -2.31. The summed E-state index contributed by atoms with van der Waals surface area (Å²) in [6.45, 7) is 0.602. The van der Waals surface area contributed by atoms with Crippen LogP contribution in [-0.4, -0.2) is 45.7 Å². The van der Waals surface area contributed by atoms with Crippen LogP contribution in [-0.2, 0) is 12.8 Å². The van der Waals surface area contributed by atoms with Crippen molar-refractivity contribution < 1.29 is 13.7 Å². The maximum Gasteiger partial charge on any atom is 0.253 e. The van der Waals surface area contributed by atoms with Gasteiger partial charge in [0, 0.05) is 44.4 Å². The molecule has 1 aliphatic carbocycles. The third kappa shape index (κ3) is 4.15. The maximum atomic E-state index is 12.8. The molecule has 1 amide bonds. The van der Waals surface area contributed by atoms with E-state index in [1.807, 2.05) is 0 Å². The highest BCUT2D eigenvalue weighted by Gasteiger charge is 2.30. The molecule has 0 saturated heterocycles. The van der Waals surface area contributed by atoms with E-state index in [1.165, 1.54) is 0 Å². The fraction of sp³-hybridized carbons (Fsp3) is 0.529. The smallest absolute Gasteiger partial charge is 0.253 e. The van der Waals surface area contributed by atoms with E-state index in [0.717, 1.165) is 6.42 Å². The Kier molecular flexibility index (Phi) is 5.17. The van der Waals surface area contributed by atoms with E-state index in [-0.39, 0.29) is 5.91 Å². The van der Waals surface area contributed by atoms with E-state index in [0.29, 0.717) is 55.4 Å². The Labute approximate surface area is 140 Å². The summed E-state index contributed by atoms with van der Waals surface area (Å²) in [6, 6.07) is 3.40. The van der Waals surface area contributed by atoms with Crippen LogP contribution in [0.2, 0.25) is 0 Å². The van der Waals surface area contributed by atoms with Gasteiger partial charge < -0.3 is 9.42 Å². The molecule has 0 unspecified atom stereocenters. The second-order valence-corrected chi connectivity index (χ2v) is 6.31. The van der Waals surface area contributed by atoms with Crippen molar-refractivity contribution >= 4 is 5.91 Å². The number of carbonyl (C=O) groups excluding carboxylic acids is 1. The van der Waals surface area contributed by atoms with Gasteiger partial charge in [0.05, 0.1) is 0 Å². The van der Waals surface area contributed by atoms with Crippen LogP contribution < -0.4 is 0 Å². The van der Waals surface area contributed by atoms with E-state index in [9.17, 15) is 9.18 Å². The molecule has 0 aromatic carbocycles. The highest BCUT2D eigenvalue weighted by Crippen LogP contribution is 2.32. The SMILES string of the molecule is CN(CCCc1nc(CC2CC(F)C2)no1)C(=O)c1ccncc1. The molecule has 0 atom stereocenters. The molecule has 0 N–H and O–H groups in total. The Morgan fingerprint density at radius 3 is 2.83 bits per heavy atom. The zero-order chi connectivity index (χ0) is 16.9. The summed E-state index contributed by atoms with van der Waals surface area (Å²) in [4.78, 5) is 22.1. The minimum Gasteiger partial charge on any atom is -0.342 e. The fourth-order valence-corrected chi connectivity index (χ4v) is 2.84. The maximum absolute atomic E-state index is 12.8. The Morgan fingerprint density at radius 2 is 2.12 bits per heavy atom. The zero-order valence-electron chi connectivity index (χ0n) is 13.7. The summed E-state index contributed by atoms with van der Waals surface area (Å²) in [5, 5.41) is 3.95. The van der Waals surface area contributed by atoms with Crippen molar-refractivity contribution in [1.29, 1.82) is 0 Å². The van der Waals surface area contributed by atoms with E-state index in [1.54, 1.807) is 36.5 Å². The summed E-state index contributed by atoms with van der Waals surface area (Å²) in [5.74, 6) is 1.54. The molecule has 1 fully saturated rings. The number of hydrogen-bond donors (Lipinski definition) is 0. The third-order valence-electron chi connectivity index (χ3n) is 4.32. The first-order chi connectivity index (χ1) is 11.6. The van der Waals surface area contributed by atoms with Gasteiger partial charge in [-0.2, -0.15) is 4.98 Å². The van der Waals surface area contributed by atoms with Crippen molar-refractivity contribution in [3.8, 4) is 0 Å². The number of amides is 1. The van der Waals surface area contributed by atoms with Crippen LogP contribution in [0.1, 0.15) is 41.3 Å². The van der Waals surface area contributed by atoms with Crippen LogP contribution in [0.25, 0.3) is 0 Å². The molecule has 2 aromatic rings. The Bertz CT molecular complexity index is 670. The van der Waals surface area contributed by atoms with E-state index in [4.69, 9.17) is 4.52 Å². The summed E-state index contributed by atoms with van der Waals surface area (Å²) >= 11 is 0. The predicted octanol–water partition coefficient (Wildman–Crippen LogP) is 2.46. The number of nitrogens with zero attached hydrogens (tertiary/aromatic N) is 4.